The van der Waals surface area contributed by atoms with Gasteiger partial charge in [0.1, 0.15) is 0 Å². The number of carboxylic acid groups (broad SMARTS) is 1. The van der Waals surface area contributed by atoms with Gasteiger partial charge in [-0.05, 0) is 13.3 Å². The van der Waals surface area contributed by atoms with Crippen LogP contribution in [0.1, 0.15) is 19.8 Å². The normalized spacial score (nSPS) is 11.4. The molecule has 3 heteroatoms. The van der Waals surface area contributed by atoms with Gasteiger partial charge in [0.25, 0.3) is 0 Å². The van der Waals surface area contributed by atoms with Crippen LogP contribution in [0.4, 0.5) is 0 Å². The Morgan fingerprint density at radius 2 is 2.30 bits per heavy atom. The van der Waals surface area contributed by atoms with Gasteiger partial charge < -0.3 is 10.2 Å². The number of rotatable bonds is 3. The number of carboxylic acids is 1. The number of aliphatic carboxylic acids is 1. The van der Waals surface area contributed by atoms with Crippen LogP contribution in [0, 0.1) is 11.8 Å². The highest BCUT2D eigenvalue weighted by Gasteiger charge is 2.10. The lowest BCUT2D eigenvalue weighted by Gasteiger charge is -1.99. The summed E-state index contributed by atoms with van der Waals surface area (Å²) in [5, 5.41) is 16.9. The number of hydrogen-bond donors (Lipinski definition) is 2. The molecule has 2 N–H and O–H groups in total. The number of aliphatic hydroxyl groups is 1. The van der Waals surface area contributed by atoms with Crippen molar-refractivity contribution >= 4 is 5.97 Å². The summed E-state index contributed by atoms with van der Waals surface area (Å²) in [5.41, 5.74) is 0. The second-order valence-corrected chi connectivity index (χ2v) is 1.82. The molecule has 56 valence electrons. The molecule has 10 heavy (non-hydrogen) atoms. The van der Waals surface area contributed by atoms with Crippen molar-refractivity contribution in [1.82, 2.24) is 0 Å². The first-order valence-electron chi connectivity index (χ1n) is 2.99. The third-order valence-corrected chi connectivity index (χ3v) is 1.00. The third-order valence-electron chi connectivity index (χ3n) is 1.00. The highest BCUT2D eigenvalue weighted by Crippen LogP contribution is 1.94. The van der Waals surface area contributed by atoms with Crippen LogP contribution in [0.5, 0.6) is 0 Å². The van der Waals surface area contributed by atoms with Gasteiger partial charge in [-0.3, -0.25) is 0 Å². The Hall–Kier alpha value is -1.01. The smallest absolute Gasteiger partial charge is 0.332 e. The lowest BCUT2D eigenvalue weighted by molar-refractivity contribution is -0.146. The second kappa shape index (κ2) is 4.83. The minimum atomic E-state index is -1.26. The lowest BCUT2D eigenvalue weighted by Crippen LogP contribution is -2.18. The van der Waals surface area contributed by atoms with Crippen molar-refractivity contribution in [3.05, 3.63) is 0 Å². The average Bonchev–Trinajstić information content (AvgIpc) is 1.88. The molecule has 0 rings (SSSR count). The molecule has 3 nitrogen and oxygen atoms in total. The van der Waals surface area contributed by atoms with Crippen LogP contribution in [0.25, 0.3) is 0 Å². The Labute approximate surface area is 59.7 Å². The summed E-state index contributed by atoms with van der Waals surface area (Å²) in [6, 6.07) is 0. The molecule has 0 spiro atoms. The zero-order chi connectivity index (χ0) is 7.98. The summed E-state index contributed by atoms with van der Waals surface area (Å²) in [7, 11) is 0. The first kappa shape index (κ1) is 8.99. The fourth-order valence-corrected chi connectivity index (χ4v) is 0.457. The van der Waals surface area contributed by atoms with Gasteiger partial charge in [-0.2, -0.15) is 0 Å². The fraction of sp³-hybridized carbons (Fsp3) is 0.571. The van der Waals surface area contributed by atoms with Crippen molar-refractivity contribution in [2.75, 3.05) is 0 Å². The van der Waals surface area contributed by atoms with Crippen molar-refractivity contribution in [1.29, 1.82) is 0 Å². The number of aliphatic hydroxyl groups excluding tert-OH is 1. The fourth-order valence-electron chi connectivity index (χ4n) is 0.457. The molecular formula is C7H10O3. The van der Waals surface area contributed by atoms with Crippen LogP contribution in [-0.4, -0.2) is 22.3 Å². The van der Waals surface area contributed by atoms with Crippen molar-refractivity contribution in [2.45, 2.75) is 25.9 Å². The summed E-state index contributed by atoms with van der Waals surface area (Å²) in [4.78, 5) is 10.00. The van der Waals surface area contributed by atoms with Crippen molar-refractivity contribution in [3.63, 3.8) is 0 Å². The summed E-state index contributed by atoms with van der Waals surface area (Å²) in [6.45, 7) is 1.67. The Kier molecular flexibility index (Phi) is 4.34. The van der Waals surface area contributed by atoms with Crippen LogP contribution in [0.2, 0.25) is 0 Å². The molecule has 0 aliphatic heterocycles. The largest absolute Gasteiger partial charge is 0.479 e. The molecule has 0 aromatic rings. The van der Waals surface area contributed by atoms with E-state index in [9.17, 15) is 4.79 Å². The third kappa shape index (κ3) is 3.93. The molecule has 0 bridgehead atoms. The van der Waals surface area contributed by atoms with Gasteiger partial charge >= 0.3 is 5.97 Å². The van der Waals surface area contributed by atoms with Crippen LogP contribution in [0.15, 0.2) is 0 Å². The highest BCUT2D eigenvalue weighted by molar-refractivity contribution is 5.71. The van der Waals surface area contributed by atoms with E-state index in [-0.39, 0.29) is 6.42 Å². The van der Waals surface area contributed by atoms with Crippen LogP contribution < -0.4 is 0 Å². The molecule has 0 saturated carbocycles. The molecular weight excluding hydrogens is 132 g/mol. The maximum Gasteiger partial charge on any atom is 0.332 e. The molecule has 1 unspecified atom stereocenters. The molecule has 0 aromatic carbocycles. The molecule has 0 heterocycles. The summed E-state index contributed by atoms with van der Waals surface area (Å²) >= 11 is 0. The second-order valence-electron chi connectivity index (χ2n) is 1.82. The predicted molar refractivity (Wildman–Crippen MR) is 36.3 cm³/mol. The molecule has 0 aromatic heterocycles. The molecule has 0 aliphatic carbocycles. The number of hydrogen-bond acceptors (Lipinski definition) is 2. The summed E-state index contributed by atoms with van der Waals surface area (Å²) < 4.78 is 0. The average molecular weight is 142 g/mol. The maximum absolute atomic E-state index is 10.00. The molecule has 1 atom stereocenters. The molecule has 0 amide bonds. The summed E-state index contributed by atoms with van der Waals surface area (Å²) in [5.74, 6) is 4.09. The molecule has 0 radical (unpaired) electrons. The van der Waals surface area contributed by atoms with Gasteiger partial charge in [0.15, 0.2) is 6.10 Å². The van der Waals surface area contributed by atoms with E-state index in [2.05, 4.69) is 11.8 Å². The first-order valence-corrected chi connectivity index (χ1v) is 2.99. The highest BCUT2D eigenvalue weighted by atomic mass is 16.4. The van der Waals surface area contributed by atoms with Crippen molar-refractivity contribution in [2.24, 2.45) is 0 Å². The van der Waals surface area contributed by atoms with E-state index < -0.39 is 12.1 Å². The SMILES string of the molecule is CC#CCCC(O)C(=O)O. The molecule has 0 aliphatic rings. The monoisotopic (exact) mass is 142 g/mol. The molecule has 0 saturated heterocycles. The van der Waals surface area contributed by atoms with E-state index in [1.54, 1.807) is 6.92 Å². The quantitative estimate of drug-likeness (QED) is 0.555. The van der Waals surface area contributed by atoms with Gasteiger partial charge in [0.2, 0.25) is 0 Å². The van der Waals surface area contributed by atoms with E-state index in [0.717, 1.165) is 0 Å². The van der Waals surface area contributed by atoms with Gasteiger partial charge in [0, 0.05) is 6.42 Å². The van der Waals surface area contributed by atoms with Gasteiger partial charge in [0.05, 0.1) is 0 Å². The van der Waals surface area contributed by atoms with E-state index >= 15 is 0 Å². The minimum Gasteiger partial charge on any atom is -0.479 e. The van der Waals surface area contributed by atoms with E-state index in [1.165, 1.54) is 0 Å². The lowest BCUT2D eigenvalue weighted by atomic mass is 10.2. The van der Waals surface area contributed by atoms with E-state index in [1.807, 2.05) is 0 Å². The Balaban J connectivity index is 3.46. The van der Waals surface area contributed by atoms with Gasteiger partial charge in [-0.15, -0.1) is 11.8 Å². The standard InChI is InChI=1S/C7H10O3/c1-2-3-4-5-6(8)7(9)10/h6,8H,4-5H2,1H3,(H,9,10). The van der Waals surface area contributed by atoms with Crippen molar-refractivity contribution < 1.29 is 15.0 Å². The van der Waals surface area contributed by atoms with Gasteiger partial charge in [-0.25, -0.2) is 4.79 Å². The van der Waals surface area contributed by atoms with Crippen molar-refractivity contribution in [3.8, 4) is 11.8 Å². The van der Waals surface area contributed by atoms with Crippen LogP contribution >= 0.6 is 0 Å². The Morgan fingerprint density at radius 3 is 2.70 bits per heavy atom. The Morgan fingerprint density at radius 1 is 1.70 bits per heavy atom. The van der Waals surface area contributed by atoms with E-state index in [4.69, 9.17) is 10.2 Å². The zero-order valence-corrected chi connectivity index (χ0v) is 5.79. The summed E-state index contributed by atoms with van der Waals surface area (Å²) in [6.07, 6.45) is -0.624. The topological polar surface area (TPSA) is 57.5 Å². The minimum absolute atomic E-state index is 0.205. The molecule has 0 fully saturated rings. The first-order chi connectivity index (χ1) is 4.68. The maximum atomic E-state index is 10.00. The van der Waals surface area contributed by atoms with Crippen LogP contribution in [0.3, 0.4) is 0 Å². The Bertz CT molecular complexity index is 163. The predicted octanol–water partition coefficient (Wildman–Crippen LogP) is 0.235. The zero-order valence-electron chi connectivity index (χ0n) is 5.79. The van der Waals surface area contributed by atoms with Crippen LogP contribution in [-0.2, 0) is 4.79 Å². The van der Waals surface area contributed by atoms with E-state index in [0.29, 0.717) is 6.42 Å². The van der Waals surface area contributed by atoms with Gasteiger partial charge in [-0.1, -0.05) is 0 Å². The number of carbonyl (C=O) groups is 1.